The van der Waals surface area contributed by atoms with Crippen molar-refractivity contribution in [2.75, 3.05) is 38.1 Å². The highest BCUT2D eigenvalue weighted by atomic mass is 35.5. The molecule has 1 aliphatic heterocycles. The molecule has 0 unspecified atom stereocenters. The van der Waals surface area contributed by atoms with Gasteiger partial charge in [-0.05, 0) is 55.0 Å². The minimum atomic E-state index is -0.199. The van der Waals surface area contributed by atoms with Gasteiger partial charge in [0, 0.05) is 48.9 Å². The quantitative estimate of drug-likeness (QED) is 0.682. The average Bonchev–Trinajstić information content (AvgIpc) is 3.05. The molecule has 1 N–H and O–H groups in total. The van der Waals surface area contributed by atoms with Crippen molar-refractivity contribution in [1.82, 2.24) is 9.80 Å². The number of hydrogen-bond acceptors (Lipinski definition) is 4. The maximum Gasteiger partial charge on any atom is 0.321 e. The van der Waals surface area contributed by atoms with E-state index < -0.39 is 0 Å². The van der Waals surface area contributed by atoms with E-state index in [0.29, 0.717) is 61.0 Å². The molecule has 0 aromatic heterocycles. The van der Waals surface area contributed by atoms with Gasteiger partial charge >= 0.3 is 6.03 Å². The predicted octanol–water partition coefficient (Wildman–Crippen LogP) is 4.08. The second-order valence-electron chi connectivity index (χ2n) is 7.25. The summed E-state index contributed by atoms with van der Waals surface area (Å²) in [6.45, 7) is 3.75. The second kappa shape index (κ2) is 10.8. The van der Waals surface area contributed by atoms with Crippen molar-refractivity contribution in [3.63, 3.8) is 0 Å². The number of anilines is 1. The lowest BCUT2D eigenvalue weighted by molar-refractivity contribution is -0.133. The first-order chi connectivity index (χ1) is 15.0. The highest BCUT2D eigenvalue weighted by Gasteiger charge is 2.22. The van der Waals surface area contributed by atoms with Gasteiger partial charge in [0.25, 0.3) is 5.91 Å². The third-order valence-electron chi connectivity index (χ3n) is 5.09. The number of carbonyl (C=O) groups excluding carboxylic acids is 3. The van der Waals surface area contributed by atoms with Crippen molar-refractivity contribution in [3.8, 4) is 5.75 Å². The lowest BCUT2D eigenvalue weighted by Gasteiger charge is -2.22. The number of halogens is 1. The molecule has 3 rings (SSSR count). The molecule has 0 atom stereocenters. The summed E-state index contributed by atoms with van der Waals surface area (Å²) in [4.78, 5) is 40.2. The molecule has 2 aromatic rings. The van der Waals surface area contributed by atoms with Crippen LogP contribution in [0, 0.1) is 0 Å². The van der Waals surface area contributed by atoms with Crippen LogP contribution in [0.5, 0.6) is 5.75 Å². The molecule has 1 saturated heterocycles. The lowest BCUT2D eigenvalue weighted by Crippen LogP contribution is -2.40. The molecule has 0 spiro atoms. The largest absolute Gasteiger partial charge is 0.484 e. The van der Waals surface area contributed by atoms with Gasteiger partial charge in [0.1, 0.15) is 5.75 Å². The van der Waals surface area contributed by atoms with Gasteiger partial charge in [0.2, 0.25) is 0 Å². The van der Waals surface area contributed by atoms with Gasteiger partial charge in [-0.25, -0.2) is 4.79 Å². The van der Waals surface area contributed by atoms with E-state index in [4.69, 9.17) is 16.3 Å². The highest BCUT2D eigenvalue weighted by molar-refractivity contribution is 6.30. The maximum atomic E-state index is 12.6. The SMILES string of the molecule is CCC(=O)c1ccc(OCC(=O)N2CCCN(C(=O)Nc3ccc(Cl)cc3)CC2)cc1. The first-order valence-corrected chi connectivity index (χ1v) is 10.7. The number of hydrogen-bond donors (Lipinski definition) is 1. The normalized spacial score (nSPS) is 14.0. The molecule has 0 bridgehead atoms. The van der Waals surface area contributed by atoms with Crippen molar-refractivity contribution < 1.29 is 19.1 Å². The number of benzene rings is 2. The van der Waals surface area contributed by atoms with E-state index in [0.717, 1.165) is 0 Å². The Morgan fingerprint density at radius 1 is 0.935 bits per heavy atom. The van der Waals surface area contributed by atoms with Crippen LogP contribution in [0.2, 0.25) is 5.02 Å². The summed E-state index contributed by atoms with van der Waals surface area (Å²) >= 11 is 5.87. The van der Waals surface area contributed by atoms with E-state index >= 15 is 0 Å². The van der Waals surface area contributed by atoms with Gasteiger partial charge in [0.15, 0.2) is 12.4 Å². The summed E-state index contributed by atoms with van der Waals surface area (Å²) in [5.74, 6) is 0.477. The van der Waals surface area contributed by atoms with Crippen molar-refractivity contribution in [3.05, 3.63) is 59.1 Å². The number of nitrogens with one attached hydrogen (secondary N) is 1. The van der Waals surface area contributed by atoms with Crippen molar-refractivity contribution in [2.24, 2.45) is 0 Å². The second-order valence-corrected chi connectivity index (χ2v) is 7.68. The number of ketones is 1. The molecule has 0 aliphatic carbocycles. The van der Waals surface area contributed by atoms with Crippen LogP contribution in [-0.4, -0.2) is 60.3 Å². The fourth-order valence-corrected chi connectivity index (χ4v) is 3.41. The Labute approximate surface area is 186 Å². The summed E-state index contributed by atoms with van der Waals surface area (Å²) in [5.41, 5.74) is 1.30. The Balaban J connectivity index is 1.47. The molecule has 2 aromatic carbocycles. The van der Waals surface area contributed by atoms with Gasteiger partial charge < -0.3 is 19.9 Å². The van der Waals surface area contributed by atoms with Gasteiger partial charge in [-0.15, -0.1) is 0 Å². The lowest BCUT2D eigenvalue weighted by atomic mass is 10.1. The summed E-state index contributed by atoms with van der Waals surface area (Å²) in [7, 11) is 0. The zero-order valence-corrected chi connectivity index (χ0v) is 18.2. The molecule has 1 aliphatic rings. The minimum absolute atomic E-state index is 0.0665. The molecular formula is C23H26ClN3O4. The first kappa shape index (κ1) is 22.6. The van der Waals surface area contributed by atoms with E-state index in [1.165, 1.54) is 0 Å². The molecule has 0 radical (unpaired) electrons. The number of carbonyl (C=O) groups is 3. The summed E-state index contributed by atoms with van der Waals surface area (Å²) in [5, 5.41) is 3.46. The topological polar surface area (TPSA) is 79.0 Å². The molecule has 3 amide bonds. The van der Waals surface area contributed by atoms with Crippen LogP contribution in [-0.2, 0) is 4.79 Å². The number of rotatable bonds is 6. The Bertz CT molecular complexity index is 915. The van der Waals surface area contributed by atoms with Crippen LogP contribution >= 0.6 is 11.6 Å². The third kappa shape index (κ3) is 6.46. The van der Waals surface area contributed by atoms with E-state index in [1.807, 2.05) is 6.92 Å². The first-order valence-electron chi connectivity index (χ1n) is 10.3. The number of nitrogens with zero attached hydrogens (tertiary/aromatic N) is 2. The Morgan fingerprint density at radius 3 is 2.26 bits per heavy atom. The maximum absolute atomic E-state index is 12.6. The smallest absolute Gasteiger partial charge is 0.321 e. The predicted molar refractivity (Wildman–Crippen MR) is 120 cm³/mol. The van der Waals surface area contributed by atoms with Gasteiger partial charge in [-0.2, -0.15) is 0 Å². The molecule has 164 valence electrons. The van der Waals surface area contributed by atoms with Crippen LogP contribution in [0.25, 0.3) is 0 Å². The molecular weight excluding hydrogens is 418 g/mol. The number of Topliss-reactive ketones (excluding diaryl/α,β-unsaturated/α-hetero) is 1. The van der Waals surface area contributed by atoms with Crippen LogP contribution < -0.4 is 10.1 Å². The van der Waals surface area contributed by atoms with Crippen LogP contribution in [0.4, 0.5) is 10.5 Å². The Hall–Kier alpha value is -3.06. The van der Waals surface area contributed by atoms with Gasteiger partial charge in [0.05, 0.1) is 0 Å². The van der Waals surface area contributed by atoms with Crippen molar-refractivity contribution in [1.29, 1.82) is 0 Å². The fraction of sp³-hybridized carbons (Fsp3) is 0.348. The highest BCUT2D eigenvalue weighted by Crippen LogP contribution is 2.16. The zero-order chi connectivity index (χ0) is 22.2. The minimum Gasteiger partial charge on any atom is -0.484 e. The molecule has 7 nitrogen and oxygen atoms in total. The number of amides is 3. The van der Waals surface area contributed by atoms with Crippen molar-refractivity contribution >= 4 is 35.0 Å². The Morgan fingerprint density at radius 2 is 1.58 bits per heavy atom. The van der Waals surface area contributed by atoms with Gasteiger partial charge in [-0.1, -0.05) is 18.5 Å². The third-order valence-corrected chi connectivity index (χ3v) is 5.34. The standard InChI is InChI=1S/C23H26ClN3O4/c1-2-21(28)17-4-10-20(11-5-17)31-16-22(29)26-12-3-13-27(15-14-26)23(30)25-19-8-6-18(24)7-9-19/h4-11H,2-3,12-16H2,1H3,(H,25,30). The van der Waals surface area contributed by atoms with Crippen LogP contribution in [0.1, 0.15) is 30.1 Å². The number of urea groups is 1. The van der Waals surface area contributed by atoms with Crippen molar-refractivity contribution in [2.45, 2.75) is 19.8 Å². The summed E-state index contributed by atoms with van der Waals surface area (Å²) in [6.07, 6.45) is 1.13. The summed E-state index contributed by atoms with van der Waals surface area (Å²) < 4.78 is 5.59. The number of ether oxygens (including phenoxy) is 1. The molecule has 1 heterocycles. The molecule has 8 heteroatoms. The van der Waals surface area contributed by atoms with E-state index in [2.05, 4.69) is 5.32 Å². The average molecular weight is 444 g/mol. The monoisotopic (exact) mass is 443 g/mol. The van der Waals surface area contributed by atoms with E-state index in [1.54, 1.807) is 58.3 Å². The Kier molecular flexibility index (Phi) is 7.89. The fourth-order valence-electron chi connectivity index (χ4n) is 3.28. The van der Waals surface area contributed by atoms with Gasteiger partial charge in [-0.3, -0.25) is 9.59 Å². The molecule has 1 fully saturated rings. The molecule has 0 saturated carbocycles. The van der Waals surface area contributed by atoms with E-state index in [-0.39, 0.29) is 24.3 Å². The van der Waals surface area contributed by atoms with Crippen LogP contribution in [0.3, 0.4) is 0 Å². The zero-order valence-electron chi connectivity index (χ0n) is 17.5. The van der Waals surface area contributed by atoms with E-state index in [9.17, 15) is 14.4 Å². The van der Waals surface area contributed by atoms with Crippen LogP contribution in [0.15, 0.2) is 48.5 Å². The molecule has 31 heavy (non-hydrogen) atoms. The summed E-state index contributed by atoms with van der Waals surface area (Å²) in [6, 6.07) is 13.5.